The van der Waals surface area contributed by atoms with Crippen LogP contribution in [0.25, 0.3) is 0 Å². The number of hydrogen-bond donors (Lipinski definition) is 0. The van der Waals surface area contributed by atoms with Gasteiger partial charge in [0.05, 0.1) is 19.9 Å². The molecular weight excluding hydrogens is 290 g/mol. The Balaban J connectivity index is 2.64. The van der Waals surface area contributed by atoms with Gasteiger partial charge in [-0.1, -0.05) is 32.4 Å². The summed E-state index contributed by atoms with van der Waals surface area (Å²) in [6.07, 6.45) is 2.68. The molecule has 1 aromatic carbocycles. The third kappa shape index (κ3) is 3.17. The molecule has 0 N–H and O–H groups in total. The zero-order valence-electron chi connectivity index (χ0n) is 15.2. The Hall–Kier alpha value is -1.71. The van der Waals surface area contributed by atoms with Crippen molar-refractivity contribution in [2.45, 2.75) is 64.5 Å². The number of methoxy groups -OCH3 is 2. The molecule has 4 heteroatoms. The summed E-state index contributed by atoms with van der Waals surface area (Å²) in [7, 11) is 3.15. The average molecular weight is 319 g/mol. The van der Waals surface area contributed by atoms with Gasteiger partial charge in [0.15, 0.2) is 0 Å². The van der Waals surface area contributed by atoms with Gasteiger partial charge in [0.25, 0.3) is 0 Å². The first-order valence-corrected chi connectivity index (χ1v) is 8.41. The number of hydrogen-bond acceptors (Lipinski definition) is 4. The van der Waals surface area contributed by atoms with Gasteiger partial charge in [-0.2, -0.15) is 0 Å². The van der Waals surface area contributed by atoms with Crippen molar-refractivity contribution in [2.75, 3.05) is 19.1 Å². The van der Waals surface area contributed by atoms with Crippen LogP contribution < -0.4 is 9.64 Å². The van der Waals surface area contributed by atoms with E-state index in [1.54, 1.807) is 7.11 Å². The molecule has 1 aliphatic heterocycles. The largest absolute Gasteiger partial charge is 0.495 e. The molecular formula is C19H29NO3. The molecule has 0 spiro atoms. The molecule has 0 aliphatic carbocycles. The second-order valence-electron chi connectivity index (χ2n) is 7.01. The molecule has 0 aromatic heterocycles. The molecule has 23 heavy (non-hydrogen) atoms. The minimum absolute atomic E-state index is 0.144. The Morgan fingerprint density at radius 1 is 1.39 bits per heavy atom. The van der Waals surface area contributed by atoms with Gasteiger partial charge in [-0.15, -0.1) is 0 Å². The first-order chi connectivity index (χ1) is 10.9. The van der Waals surface area contributed by atoms with Crippen LogP contribution in [0.3, 0.4) is 0 Å². The highest BCUT2D eigenvalue weighted by Gasteiger charge is 2.43. The van der Waals surface area contributed by atoms with Crippen molar-refractivity contribution in [3.05, 3.63) is 23.8 Å². The number of nitrogens with zero attached hydrogens (tertiary/aromatic N) is 1. The van der Waals surface area contributed by atoms with Crippen molar-refractivity contribution in [1.29, 1.82) is 0 Å². The average Bonchev–Trinajstić information content (AvgIpc) is 2.52. The standard InChI is InChI=1S/C19H29NO3/c1-7-9-15(18(21)23-6)20-17-14(10-8-11-16(17)22-5)13(2)12-19(20,3)4/h8,10-11,13,15H,7,9,12H2,1-6H3/t13-,15-/m1/s1. The number of para-hydroxylation sites is 1. The Kier molecular flexibility index (Phi) is 5.23. The summed E-state index contributed by atoms with van der Waals surface area (Å²) in [6.45, 7) is 8.73. The van der Waals surface area contributed by atoms with Crippen LogP contribution in [0, 0.1) is 0 Å². The smallest absolute Gasteiger partial charge is 0.328 e. The summed E-state index contributed by atoms with van der Waals surface area (Å²) in [4.78, 5) is 14.7. The predicted octanol–water partition coefficient (Wildman–Crippen LogP) is 4.13. The maximum Gasteiger partial charge on any atom is 0.328 e. The summed E-state index contributed by atoms with van der Waals surface area (Å²) in [5.41, 5.74) is 2.14. The van der Waals surface area contributed by atoms with Gasteiger partial charge in [0.1, 0.15) is 11.8 Å². The Bertz CT molecular complexity index is 568. The lowest BCUT2D eigenvalue weighted by molar-refractivity contribution is -0.142. The molecule has 1 heterocycles. The van der Waals surface area contributed by atoms with Crippen LogP contribution in [0.15, 0.2) is 18.2 Å². The topological polar surface area (TPSA) is 38.8 Å². The lowest BCUT2D eigenvalue weighted by Crippen LogP contribution is -2.56. The predicted molar refractivity (Wildman–Crippen MR) is 93.3 cm³/mol. The van der Waals surface area contributed by atoms with Crippen LogP contribution in [-0.4, -0.2) is 31.8 Å². The van der Waals surface area contributed by atoms with Crippen molar-refractivity contribution < 1.29 is 14.3 Å². The molecule has 4 nitrogen and oxygen atoms in total. The molecule has 1 aliphatic rings. The van der Waals surface area contributed by atoms with Crippen molar-refractivity contribution in [1.82, 2.24) is 0 Å². The highest BCUT2D eigenvalue weighted by molar-refractivity contribution is 5.83. The fourth-order valence-corrected chi connectivity index (χ4v) is 3.96. The van der Waals surface area contributed by atoms with Gasteiger partial charge in [0, 0.05) is 5.54 Å². The van der Waals surface area contributed by atoms with E-state index in [2.05, 4.69) is 38.7 Å². The van der Waals surface area contributed by atoms with Gasteiger partial charge in [-0.3, -0.25) is 0 Å². The summed E-state index contributed by atoms with van der Waals surface area (Å²) in [6, 6.07) is 5.85. The number of ether oxygens (including phenoxy) is 2. The summed E-state index contributed by atoms with van der Waals surface area (Å²) in [5, 5.41) is 0. The second kappa shape index (κ2) is 6.81. The van der Waals surface area contributed by atoms with E-state index < -0.39 is 0 Å². The SMILES string of the molecule is CCC[C@H](C(=O)OC)N1c2c(OC)cccc2[C@H](C)CC1(C)C. The fraction of sp³-hybridized carbons (Fsp3) is 0.632. The molecule has 0 amide bonds. The van der Waals surface area contributed by atoms with Gasteiger partial charge in [-0.05, 0) is 44.2 Å². The van der Waals surface area contributed by atoms with E-state index in [1.165, 1.54) is 12.7 Å². The summed E-state index contributed by atoms with van der Waals surface area (Å²) >= 11 is 0. The number of rotatable bonds is 5. The number of benzene rings is 1. The van der Waals surface area contributed by atoms with Crippen LogP contribution in [-0.2, 0) is 9.53 Å². The van der Waals surface area contributed by atoms with E-state index in [1.807, 2.05) is 12.1 Å². The van der Waals surface area contributed by atoms with Crippen molar-refractivity contribution in [2.24, 2.45) is 0 Å². The lowest BCUT2D eigenvalue weighted by Gasteiger charge is -2.50. The highest BCUT2D eigenvalue weighted by atomic mass is 16.5. The number of anilines is 1. The Morgan fingerprint density at radius 2 is 2.09 bits per heavy atom. The molecule has 2 atom stereocenters. The first kappa shape index (κ1) is 17.6. The van der Waals surface area contributed by atoms with Gasteiger partial charge >= 0.3 is 5.97 Å². The van der Waals surface area contributed by atoms with Crippen molar-refractivity contribution >= 4 is 11.7 Å². The van der Waals surface area contributed by atoms with E-state index in [-0.39, 0.29) is 17.6 Å². The third-order valence-electron chi connectivity index (χ3n) is 4.83. The molecule has 0 saturated carbocycles. The zero-order valence-corrected chi connectivity index (χ0v) is 15.2. The second-order valence-corrected chi connectivity index (χ2v) is 7.01. The molecule has 2 rings (SSSR count). The normalized spacial score (nSPS) is 20.6. The molecule has 0 radical (unpaired) electrons. The molecule has 0 fully saturated rings. The number of carbonyl (C=O) groups excluding carboxylic acids is 1. The van der Waals surface area contributed by atoms with Gasteiger partial charge in [0.2, 0.25) is 0 Å². The zero-order chi connectivity index (χ0) is 17.2. The molecule has 0 unspecified atom stereocenters. The Labute approximate surface area is 139 Å². The van der Waals surface area contributed by atoms with E-state index in [0.717, 1.165) is 30.7 Å². The maximum atomic E-state index is 12.5. The Morgan fingerprint density at radius 3 is 2.65 bits per heavy atom. The summed E-state index contributed by atoms with van der Waals surface area (Å²) < 4.78 is 10.7. The van der Waals surface area contributed by atoms with Crippen LogP contribution in [0.1, 0.15) is 58.4 Å². The quantitative estimate of drug-likeness (QED) is 0.765. The van der Waals surface area contributed by atoms with E-state index in [4.69, 9.17) is 9.47 Å². The first-order valence-electron chi connectivity index (χ1n) is 8.41. The minimum Gasteiger partial charge on any atom is -0.495 e. The maximum absolute atomic E-state index is 12.5. The molecule has 0 bridgehead atoms. The highest BCUT2D eigenvalue weighted by Crippen LogP contribution is 2.49. The third-order valence-corrected chi connectivity index (χ3v) is 4.83. The van der Waals surface area contributed by atoms with E-state index >= 15 is 0 Å². The monoisotopic (exact) mass is 319 g/mol. The molecule has 128 valence electrons. The van der Waals surface area contributed by atoms with Crippen LogP contribution in [0.5, 0.6) is 5.75 Å². The molecule has 0 saturated heterocycles. The van der Waals surface area contributed by atoms with Gasteiger partial charge in [-0.25, -0.2) is 4.79 Å². The van der Waals surface area contributed by atoms with Crippen molar-refractivity contribution in [3.8, 4) is 5.75 Å². The van der Waals surface area contributed by atoms with Gasteiger partial charge < -0.3 is 14.4 Å². The van der Waals surface area contributed by atoms with E-state index in [0.29, 0.717) is 5.92 Å². The minimum atomic E-state index is -0.289. The molecule has 1 aromatic rings. The lowest BCUT2D eigenvalue weighted by atomic mass is 9.78. The fourth-order valence-electron chi connectivity index (χ4n) is 3.96. The number of esters is 1. The number of carbonyl (C=O) groups is 1. The van der Waals surface area contributed by atoms with Crippen molar-refractivity contribution in [3.63, 3.8) is 0 Å². The summed E-state index contributed by atoms with van der Waals surface area (Å²) in [5.74, 6) is 1.07. The van der Waals surface area contributed by atoms with Crippen LogP contribution in [0.4, 0.5) is 5.69 Å². The van der Waals surface area contributed by atoms with Crippen LogP contribution >= 0.6 is 0 Å². The van der Waals surface area contributed by atoms with Crippen LogP contribution in [0.2, 0.25) is 0 Å². The van der Waals surface area contributed by atoms with E-state index in [9.17, 15) is 4.79 Å². The number of fused-ring (bicyclic) bond motifs is 1.